The van der Waals surface area contributed by atoms with Crippen molar-refractivity contribution in [3.63, 3.8) is 0 Å². The summed E-state index contributed by atoms with van der Waals surface area (Å²) in [5.41, 5.74) is 5.87. The maximum Gasteiger partial charge on any atom is 0.0728 e. The quantitative estimate of drug-likeness (QED) is 0.788. The number of aryl methyl sites for hydroxylation is 1. The lowest BCUT2D eigenvalue weighted by molar-refractivity contribution is 0.0846. The third-order valence-electron chi connectivity index (χ3n) is 4.41. The molecule has 0 spiro atoms. The van der Waals surface area contributed by atoms with E-state index in [1.165, 1.54) is 11.1 Å². The molecule has 1 aliphatic rings. The molecule has 3 heterocycles. The lowest BCUT2D eigenvalue weighted by Gasteiger charge is -2.26. The van der Waals surface area contributed by atoms with E-state index in [0.717, 1.165) is 22.0 Å². The van der Waals surface area contributed by atoms with Gasteiger partial charge < -0.3 is 10.1 Å². The van der Waals surface area contributed by atoms with E-state index in [1.54, 1.807) is 0 Å². The fraction of sp³-hybridized carbons (Fsp3) is 0.294. The van der Waals surface area contributed by atoms with Gasteiger partial charge in [0, 0.05) is 30.4 Å². The molecular formula is C17H18N4O. The summed E-state index contributed by atoms with van der Waals surface area (Å²) in [6, 6.07) is 6.61. The summed E-state index contributed by atoms with van der Waals surface area (Å²) in [7, 11) is 3.92. The van der Waals surface area contributed by atoms with E-state index in [0.29, 0.717) is 13.2 Å². The van der Waals surface area contributed by atoms with Gasteiger partial charge in [-0.15, -0.1) is 0 Å². The Bertz CT molecular complexity index is 840. The summed E-state index contributed by atoms with van der Waals surface area (Å²) in [5.74, 6) is 0. The molecule has 22 heavy (non-hydrogen) atoms. The van der Waals surface area contributed by atoms with Crippen molar-refractivity contribution in [1.29, 1.82) is 0 Å². The molecule has 2 aromatic heterocycles. The normalized spacial score (nSPS) is 17.6. The van der Waals surface area contributed by atoms with E-state index in [-0.39, 0.29) is 6.04 Å². The molecule has 112 valence electrons. The average molecular weight is 294 g/mol. The van der Waals surface area contributed by atoms with Crippen LogP contribution in [0.15, 0.2) is 36.8 Å². The van der Waals surface area contributed by atoms with Crippen LogP contribution in [0.1, 0.15) is 17.2 Å². The Kier molecular flexibility index (Phi) is 3.17. The second-order valence-corrected chi connectivity index (χ2v) is 5.65. The molecule has 1 aliphatic heterocycles. The van der Waals surface area contributed by atoms with Crippen LogP contribution in [0.3, 0.4) is 0 Å². The number of benzene rings is 1. The van der Waals surface area contributed by atoms with E-state index in [9.17, 15) is 0 Å². The van der Waals surface area contributed by atoms with Gasteiger partial charge in [0.2, 0.25) is 0 Å². The summed E-state index contributed by atoms with van der Waals surface area (Å²) in [6.45, 7) is 1.32. The maximum atomic E-state index is 5.75. The van der Waals surface area contributed by atoms with Gasteiger partial charge in [0.15, 0.2) is 0 Å². The number of nitrogens with one attached hydrogen (secondary N) is 1. The molecule has 0 amide bonds. The van der Waals surface area contributed by atoms with E-state index in [1.807, 2.05) is 37.4 Å². The molecule has 1 N–H and O–H groups in total. The van der Waals surface area contributed by atoms with E-state index < -0.39 is 0 Å². The van der Waals surface area contributed by atoms with Crippen LogP contribution in [0.2, 0.25) is 0 Å². The van der Waals surface area contributed by atoms with Crippen LogP contribution in [0, 0.1) is 0 Å². The minimum absolute atomic E-state index is 0.205. The van der Waals surface area contributed by atoms with Crippen molar-refractivity contribution < 1.29 is 4.74 Å². The second kappa shape index (κ2) is 5.19. The average Bonchev–Trinajstić information content (AvgIpc) is 2.94. The number of aromatic nitrogens is 3. The molecule has 0 bridgehead atoms. The number of fused-ring (bicyclic) bond motifs is 2. The molecule has 4 rings (SSSR count). The molecule has 0 saturated heterocycles. The molecule has 0 radical (unpaired) electrons. The number of nitrogens with zero attached hydrogens (tertiary/aromatic N) is 3. The van der Waals surface area contributed by atoms with Crippen LogP contribution in [0.4, 0.5) is 0 Å². The number of likely N-dealkylation sites (N-methyl/N-ethyl adjacent to an activating group) is 1. The van der Waals surface area contributed by atoms with E-state index in [2.05, 4.69) is 33.6 Å². The summed E-state index contributed by atoms with van der Waals surface area (Å²) < 4.78 is 7.65. The van der Waals surface area contributed by atoms with Gasteiger partial charge in [-0.1, -0.05) is 12.1 Å². The predicted molar refractivity (Wildman–Crippen MR) is 85.4 cm³/mol. The molecule has 3 aromatic rings. The van der Waals surface area contributed by atoms with Crippen LogP contribution < -0.4 is 5.32 Å². The first kappa shape index (κ1) is 13.4. The largest absolute Gasteiger partial charge is 0.375 e. The van der Waals surface area contributed by atoms with Crippen molar-refractivity contribution in [2.45, 2.75) is 12.6 Å². The monoisotopic (exact) mass is 294 g/mol. The zero-order valence-corrected chi connectivity index (χ0v) is 12.7. The van der Waals surface area contributed by atoms with Crippen molar-refractivity contribution in [1.82, 2.24) is 20.1 Å². The van der Waals surface area contributed by atoms with Gasteiger partial charge in [-0.05, 0) is 29.8 Å². The molecule has 5 nitrogen and oxygen atoms in total. The van der Waals surface area contributed by atoms with Crippen LogP contribution in [-0.4, -0.2) is 28.4 Å². The van der Waals surface area contributed by atoms with Crippen LogP contribution >= 0.6 is 0 Å². The highest BCUT2D eigenvalue weighted by atomic mass is 16.5. The third kappa shape index (κ3) is 2.01. The Morgan fingerprint density at radius 3 is 3.05 bits per heavy atom. The fourth-order valence-electron chi connectivity index (χ4n) is 3.13. The second-order valence-electron chi connectivity index (χ2n) is 5.65. The topological polar surface area (TPSA) is 52.0 Å². The van der Waals surface area contributed by atoms with Crippen LogP contribution in [0.5, 0.6) is 0 Å². The molecule has 0 aliphatic carbocycles. The first-order valence-corrected chi connectivity index (χ1v) is 7.42. The molecule has 1 atom stereocenters. The molecular weight excluding hydrogens is 276 g/mol. The SMILES string of the molecule is CNC1COCc2c(-c3ccc4cnn(C)c4c3)cncc21. The fourth-order valence-corrected chi connectivity index (χ4v) is 3.13. The molecule has 0 saturated carbocycles. The number of rotatable bonds is 2. The van der Waals surface area contributed by atoms with E-state index in [4.69, 9.17) is 4.74 Å². The smallest absolute Gasteiger partial charge is 0.0728 e. The van der Waals surface area contributed by atoms with E-state index >= 15 is 0 Å². The highest BCUT2D eigenvalue weighted by Gasteiger charge is 2.22. The van der Waals surface area contributed by atoms with Gasteiger partial charge in [0.25, 0.3) is 0 Å². The molecule has 0 fully saturated rings. The standard InChI is InChI=1S/C17H18N4O/c1-18-16-10-22-9-15-13(7-19-8-14(15)16)11-3-4-12-6-20-21(2)17(12)5-11/h3-8,16,18H,9-10H2,1-2H3. The van der Waals surface area contributed by atoms with Gasteiger partial charge >= 0.3 is 0 Å². The Morgan fingerprint density at radius 1 is 1.27 bits per heavy atom. The highest BCUT2D eigenvalue weighted by Crippen LogP contribution is 2.33. The lowest BCUT2D eigenvalue weighted by Crippen LogP contribution is -2.27. The number of pyridine rings is 1. The Hall–Kier alpha value is -2.24. The van der Waals surface area contributed by atoms with Crippen molar-refractivity contribution in [2.75, 3.05) is 13.7 Å². The molecule has 1 unspecified atom stereocenters. The zero-order valence-electron chi connectivity index (χ0n) is 12.7. The van der Waals surface area contributed by atoms with Crippen molar-refractivity contribution >= 4 is 10.9 Å². The predicted octanol–water partition coefficient (Wildman–Crippen LogP) is 2.43. The Labute approximate surface area is 128 Å². The van der Waals surface area contributed by atoms with Gasteiger partial charge in [-0.3, -0.25) is 9.67 Å². The van der Waals surface area contributed by atoms with Crippen LogP contribution in [-0.2, 0) is 18.4 Å². The summed E-state index contributed by atoms with van der Waals surface area (Å²) in [5, 5.41) is 8.75. The summed E-state index contributed by atoms with van der Waals surface area (Å²) in [6.07, 6.45) is 5.76. The third-order valence-corrected chi connectivity index (χ3v) is 4.41. The molecule has 1 aromatic carbocycles. The first-order valence-electron chi connectivity index (χ1n) is 7.42. The number of hydrogen-bond donors (Lipinski definition) is 1. The Balaban J connectivity index is 1.89. The molecule has 5 heteroatoms. The van der Waals surface area contributed by atoms with Gasteiger partial charge in [-0.2, -0.15) is 5.10 Å². The number of ether oxygens (including phenoxy) is 1. The first-order chi connectivity index (χ1) is 10.8. The maximum absolute atomic E-state index is 5.75. The van der Waals surface area contributed by atoms with Crippen LogP contribution in [0.25, 0.3) is 22.0 Å². The summed E-state index contributed by atoms with van der Waals surface area (Å²) >= 11 is 0. The highest BCUT2D eigenvalue weighted by molar-refractivity contribution is 5.85. The van der Waals surface area contributed by atoms with Gasteiger partial charge in [0.05, 0.1) is 31.0 Å². The summed E-state index contributed by atoms with van der Waals surface area (Å²) in [4.78, 5) is 4.44. The minimum atomic E-state index is 0.205. The lowest BCUT2D eigenvalue weighted by atomic mass is 9.93. The Morgan fingerprint density at radius 2 is 2.18 bits per heavy atom. The number of hydrogen-bond acceptors (Lipinski definition) is 4. The van der Waals surface area contributed by atoms with Crippen molar-refractivity contribution in [2.24, 2.45) is 7.05 Å². The van der Waals surface area contributed by atoms with Gasteiger partial charge in [-0.25, -0.2) is 0 Å². The zero-order chi connectivity index (χ0) is 15.1. The van der Waals surface area contributed by atoms with Gasteiger partial charge in [0.1, 0.15) is 0 Å². The van der Waals surface area contributed by atoms with Crippen molar-refractivity contribution in [3.05, 3.63) is 47.9 Å². The van der Waals surface area contributed by atoms with Crippen molar-refractivity contribution in [3.8, 4) is 11.1 Å². The minimum Gasteiger partial charge on any atom is -0.375 e.